The molecule has 2 saturated heterocycles. The van der Waals surface area contributed by atoms with Gasteiger partial charge in [0.05, 0.1) is 17.7 Å². The number of carbonyl (C=O) groups is 1. The van der Waals surface area contributed by atoms with Crippen LogP contribution in [0.3, 0.4) is 0 Å². The first-order valence-corrected chi connectivity index (χ1v) is 20.9. The molecule has 2 aromatic carbocycles. The number of hydrogen-bond acceptors (Lipinski definition) is 8. The Morgan fingerprint density at radius 2 is 1.85 bits per heavy atom. The monoisotopic (exact) mass is 751 g/mol. The highest BCUT2D eigenvalue weighted by Gasteiger charge is 2.78. The van der Waals surface area contributed by atoms with Crippen LogP contribution in [-0.2, 0) is 22.0 Å². The van der Waals surface area contributed by atoms with E-state index in [1.54, 1.807) is 6.92 Å². The Labute approximate surface area is 325 Å². The van der Waals surface area contributed by atoms with Gasteiger partial charge in [-0.2, -0.15) is 0 Å². The molecule has 2 bridgehead atoms. The molecule has 10 heteroatoms. The number of anilines is 1. The van der Waals surface area contributed by atoms with Crippen LogP contribution in [0, 0.1) is 18.3 Å². The van der Waals surface area contributed by atoms with E-state index >= 15 is 0 Å². The summed E-state index contributed by atoms with van der Waals surface area (Å²) in [5, 5.41) is 51.9. The number of piperidine rings is 1. The molecule has 55 heavy (non-hydrogen) atoms. The second-order valence-corrected chi connectivity index (χ2v) is 18.7. The van der Waals surface area contributed by atoms with Crippen molar-refractivity contribution in [2.24, 2.45) is 11.3 Å². The Kier molecular flexibility index (Phi) is 8.57. The number of amides is 1. The highest BCUT2D eigenvalue weighted by Crippen LogP contribution is 2.67. The molecule has 1 aromatic heterocycles. The second-order valence-electron chi connectivity index (χ2n) is 18.7. The van der Waals surface area contributed by atoms with Gasteiger partial charge >= 0.3 is 0 Å². The number of carbonyl (C=O) groups excluding carboxylic acids is 1. The van der Waals surface area contributed by atoms with Gasteiger partial charge in [0.25, 0.3) is 5.91 Å². The van der Waals surface area contributed by atoms with Crippen molar-refractivity contribution in [3.8, 4) is 0 Å². The number of aromatic amines is 1. The van der Waals surface area contributed by atoms with Gasteiger partial charge in [0.15, 0.2) is 5.60 Å². The Bertz CT molecular complexity index is 2060. The number of nitrogens with one attached hydrogen (secondary N) is 2. The van der Waals surface area contributed by atoms with E-state index in [0.29, 0.717) is 13.0 Å². The molecule has 10 nitrogen and oxygen atoms in total. The molecule has 6 heterocycles. The van der Waals surface area contributed by atoms with Crippen LogP contribution in [0.15, 0.2) is 48.6 Å². The van der Waals surface area contributed by atoms with Crippen molar-refractivity contribution in [1.29, 1.82) is 0 Å². The zero-order valence-electron chi connectivity index (χ0n) is 33.5. The number of hydrogen-bond donors (Lipinski definition) is 6. The van der Waals surface area contributed by atoms with Gasteiger partial charge in [0.2, 0.25) is 0 Å². The minimum absolute atomic E-state index is 0.0189. The maximum Gasteiger partial charge on any atom is 0.257 e. The molecule has 1 amide bonds. The van der Waals surface area contributed by atoms with Gasteiger partial charge < -0.3 is 35.6 Å². The van der Waals surface area contributed by atoms with Crippen molar-refractivity contribution in [2.75, 3.05) is 51.2 Å². The molecule has 1 spiro atoms. The summed E-state index contributed by atoms with van der Waals surface area (Å²) in [4.78, 5) is 25.5. The number of rotatable bonds is 6. The van der Waals surface area contributed by atoms with E-state index < -0.39 is 51.6 Å². The Hall–Kier alpha value is -3.25. The van der Waals surface area contributed by atoms with Gasteiger partial charge in [-0.05, 0) is 106 Å². The molecule has 11 atom stereocenters. The Balaban J connectivity index is 1.28. The number of H-pyrrole nitrogens is 1. The van der Waals surface area contributed by atoms with Gasteiger partial charge in [-0.1, -0.05) is 50.3 Å². The predicted molar refractivity (Wildman–Crippen MR) is 215 cm³/mol. The fourth-order valence-electron chi connectivity index (χ4n) is 13.4. The summed E-state index contributed by atoms with van der Waals surface area (Å²) < 4.78 is 0. The molecule has 1 saturated carbocycles. The van der Waals surface area contributed by atoms with Crippen molar-refractivity contribution >= 4 is 22.5 Å². The van der Waals surface area contributed by atoms with Gasteiger partial charge in [-0.15, -0.1) is 0 Å². The van der Waals surface area contributed by atoms with Crippen LogP contribution >= 0.6 is 0 Å². The number of nitrogens with zero attached hydrogens (tertiary/aromatic N) is 3. The number of aromatic nitrogens is 1. The molecule has 6 aliphatic rings. The molecular weight excluding hydrogens is 691 g/mol. The SMILES string of the molecule is CCC1(O)CC2CN(CCc3c([nH]c4ccccc34)[C@@](C)(c3cc4c(cc3C)N(C)C3C45CCN4CC=C[C@](CC)(C45)[C@@H](O)[C@]3(O)C(=O)NC[C@H](C)O)C2)C1. The summed E-state index contributed by atoms with van der Waals surface area (Å²) in [7, 11) is 1.98. The number of benzene rings is 2. The van der Waals surface area contributed by atoms with E-state index in [9.17, 15) is 25.2 Å². The summed E-state index contributed by atoms with van der Waals surface area (Å²) >= 11 is 0. The first-order chi connectivity index (χ1) is 26.2. The summed E-state index contributed by atoms with van der Waals surface area (Å²) in [5.74, 6) is -0.366. The molecule has 6 N–H and O–H groups in total. The third-order valence-corrected chi connectivity index (χ3v) is 15.6. The van der Waals surface area contributed by atoms with E-state index in [4.69, 9.17) is 0 Å². The van der Waals surface area contributed by atoms with Gasteiger partial charge in [-0.25, -0.2) is 0 Å². The average molecular weight is 752 g/mol. The van der Waals surface area contributed by atoms with Crippen molar-refractivity contribution in [1.82, 2.24) is 20.1 Å². The third kappa shape index (κ3) is 4.97. The summed E-state index contributed by atoms with van der Waals surface area (Å²) in [6.45, 7) is 14.5. The van der Waals surface area contributed by atoms with E-state index in [0.717, 1.165) is 80.6 Å². The molecule has 3 aromatic rings. The maximum atomic E-state index is 14.5. The van der Waals surface area contributed by atoms with Crippen LogP contribution in [0.5, 0.6) is 0 Å². The number of para-hydroxylation sites is 1. The van der Waals surface area contributed by atoms with Crippen LogP contribution in [0.4, 0.5) is 5.69 Å². The lowest BCUT2D eigenvalue weighted by molar-refractivity contribution is -0.203. The molecule has 9 rings (SSSR count). The summed E-state index contributed by atoms with van der Waals surface area (Å²) in [6.07, 6.45) is 6.56. The lowest BCUT2D eigenvalue weighted by Gasteiger charge is -2.63. The quantitative estimate of drug-likeness (QED) is 0.209. The van der Waals surface area contributed by atoms with Gasteiger partial charge in [0, 0.05) is 84.3 Å². The zero-order chi connectivity index (χ0) is 38.9. The largest absolute Gasteiger partial charge is 0.392 e. The molecule has 3 fully saturated rings. The highest BCUT2D eigenvalue weighted by atomic mass is 16.4. The lowest BCUT2D eigenvalue weighted by atomic mass is 9.47. The summed E-state index contributed by atoms with van der Waals surface area (Å²) in [6, 6.07) is 12.5. The number of likely N-dealkylation sites (N-methyl/N-ethyl adjacent to an activating group) is 1. The molecule has 1 aliphatic carbocycles. The van der Waals surface area contributed by atoms with Gasteiger partial charge in [0.1, 0.15) is 6.10 Å². The van der Waals surface area contributed by atoms with E-state index in [2.05, 4.69) is 101 Å². The third-order valence-electron chi connectivity index (χ3n) is 15.6. The Morgan fingerprint density at radius 1 is 1.07 bits per heavy atom. The molecular formula is C45H61N5O5. The smallest absolute Gasteiger partial charge is 0.257 e. The van der Waals surface area contributed by atoms with E-state index in [1.807, 2.05) is 7.05 Å². The highest BCUT2D eigenvalue weighted by molar-refractivity contribution is 5.90. The standard InChI is InChI=1S/C45H61N5O5/c1-7-42(54)23-29-22-41(5,36-31(14-18-49(25-29)26-42)30-12-9-10-13-34(30)47-36)32-21-33-35(20-27(32)3)48(6)38-44(33)16-19-50-17-11-15-43(8-2,37(44)50)39(52)45(38,55)40(53)46-24-28(4)51/h9-13,15,20-21,28-29,37-39,47,51-52,54-55H,7-8,14,16-19,22-26H2,1-6H3,(H,46,53)/t28-,29?,37?,38?,39+,41+,42?,43+,44?,45-/m0/s1. The first-order valence-electron chi connectivity index (χ1n) is 20.9. The minimum Gasteiger partial charge on any atom is -0.392 e. The minimum atomic E-state index is -2.16. The fourth-order valence-corrected chi connectivity index (χ4v) is 13.4. The van der Waals surface area contributed by atoms with Crippen molar-refractivity contribution in [2.45, 2.75) is 119 Å². The van der Waals surface area contributed by atoms with E-state index in [1.165, 1.54) is 22.2 Å². The van der Waals surface area contributed by atoms with Crippen LogP contribution in [0.1, 0.15) is 87.7 Å². The van der Waals surface area contributed by atoms with Crippen molar-refractivity contribution in [3.05, 3.63) is 76.5 Å². The lowest BCUT2D eigenvalue weighted by Crippen LogP contribution is -2.81. The second kappa shape index (κ2) is 12.6. The van der Waals surface area contributed by atoms with Crippen LogP contribution in [0.2, 0.25) is 0 Å². The zero-order valence-corrected chi connectivity index (χ0v) is 33.5. The average Bonchev–Trinajstić information content (AvgIpc) is 3.82. The maximum absolute atomic E-state index is 14.5. The Morgan fingerprint density at radius 3 is 2.60 bits per heavy atom. The van der Waals surface area contributed by atoms with Crippen molar-refractivity contribution in [3.63, 3.8) is 0 Å². The van der Waals surface area contributed by atoms with Gasteiger partial charge in [-0.3, -0.25) is 14.6 Å². The van der Waals surface area contributed by atoms with Crippen molar-refractivity contribution < 1.29 is 25.2 Å². The normalized spacial score (nSPS) is 39.7. The molecule has 6 unspecified atom stereocenters. The number of aliphatic hydroxyl groups excluding tert-OH is 2. The number of aryl methyl sites for hydroxylation is 1. The van der Waals surface area contributed by atoms with Crippen LogP contribution < -0.4 is 10.2 Å². The fraction of sp³-hybridized carbons (Fsp3) is 0.622. The molecule has 5 aliphatic heterocycles. The van der Waals surface area contributed by atoms with Crippen LogP contribution in [0.25, 0.3) is 10.9 Å². The summed E-state index contributed by atoms with van der Waals surface area (Å²) in [5.41, 5.74) is 3.37. The molecule has 296 valence electrons. The predicted octanol–water partition coefficient (Wildman–Crippen LogP) is 3.89. The van der Waals surface area contributed by atoms with Crippen LogP contribution in [-0.4, -0.2) is 123 Å². The van der Waals surface area contributed by atoms with E-state index in [-0.39, 0.29) is 18.5 Å². The number of fused-ring (bicyclic) bond motifs is 6. The first kappa shape index (κ1) is 37.3. The topological polar surface area (TPSA) is 136 Å². The number of aliphatic hydroxyl groups is 4. The molecule has 0 radical (unpaired) electrons.